The summed E-state index contributed by atoms with van der Waals surface area (Å²) in [5, 5.41) is 4.33. The summed E-state index contributed by atoms with van der Waals surface area (Å²) in [6, 6.07) is 17.8. The van der Waals surface area contributed by atoms with Gasteiger partial charge in [0.2, 0.25) is 5.91 Å². The zero-order chi connectivity index (χ0) is 24.4. The Kier molecular flexibility index (Phi) is 6.54. The molecule has 1 aromatic heterocycles. The molecular weight excluding hydrogens is 438 g/mol. The number of aromatic nitrogens is 1. The van der Waals surface area contributed by atoms with Gasteiger partial charge in [-0.2, -0.15) is 0 Å². The van der Waals surface area contributed by atoms with Crippen molar-refractivity contribution in [3.8, 4) is 5.75 Å². The summed E-state index contributed by atoms with van der Waals surface area (Å²) in [5.41, 5.74) is 1.52. The summed E-state index contributed by atoms with van der Waals surface area (Å²) in [6.07, 6.45) is 8.02. The van der Waals surface area contributed by atoms with E-state index in [1.54, 1.807) is 12.0 Å². The topological polar surface area (TPSA) is 63.6 Å². The highest BCUT2D eigenvalue weighted by Crippen LogP contribution is 2.35. The molecule has 35 heavy (non-hydrogen) atoms. The maximum absolute atomic E-state index is 14.0. The van der Waals surface area contributed by atoms with Crippen molar-refractivity contribution in [2.75, 3.05) is 7.11 Å². The van der Waals surface area contributed by atoms with Gasteiger partial charge in [-0.1, -0.05) is 62.4 Å². The van der Waals surface area contributed by atoms with Crippen molar-refractivity contribution in [3.63, 3.8) is 0 Å². The van der Waals surface area contributed by atoms with E-state index in [0.717, 1.165) is 47.9 Å². The van der Waals surface area contributed by atoms with Gasteiger partial charge in [-0.25, -0.2) is 0 Å². The average Bonchev–Trinajstić information content (AvgIpc) is 3.21. The van der Waals surface area contributed by atoms with Gasteiger partial charge < -0.3 is 19.5 Å². The molecule has 0 bridgehead atoms. The first-order valence-electron chi connectivity index (χ1n) is 12.8. The average molecular weight is 474 g/mol. The Balaban J connectivity index is 1.53. The largest absolute Gasteiger partial charge is 0.497 e. The molecule has 5 rings (SSSR count). The van der Waals surface area contributed by atoms with Crippen molar-refractivity contribution >= 4 is 22.7 Å². The number of amides is 2. The number of methoxy groups -OCH3 is 1. The number of benzene rings is 2. The molecule has 6 heteroatoms. The van der Waals surface area contributed by atoms with Crippen LogP contribution in [0.3, 0.4) is 0 Å². The highest BCUT2D eigenvalue weighted by Gasteiger charge is 2.48. The highest BCUT2D eigenvalue weighted by atomic mass is 16.5. The lowest BCUT2D eigenvalue weighted by atomic mass is 9.91. The molecular formula is C29H35N3O3. The minimum Gasteiger partial charge on any atom is -0.497 e. The number of hydrogen-bond acceptors (Lipinski definition) is 3. The highest BCUT2D eigenvalue weighted by molar-refractivity contribution is 6.03. The van der Waals surface area contributed by atoms with E-state index in [1.165, 1.54) is 19.3 Å². The quantitative estimate of drug-likeness (QED) is 0.547. The zero-order valence-corrected chi connectivity index (χ0v) is 20.8. The van der Waals surface area contributed by atoms with E-state index < -0.39 is 5.54 Å². The van der Waals surface area contributed by atoms with Crippen LogP contribution in [0.25, 0.3) is 10.9 Å². The first kappa shape index (κ1) is 23.5. The molecule has 1 aliphatic heterocycles. The number of ether oxygens (including phenoxy) is 1. The van der Waals surface area contributed by atoms with Crippen LogP contribution in [0.4, 0.5) is 0 Å². The number of nitrogens with zero attached hydrogens (tertiary/aromatic N) is 2. The van der Waals surface area contributed by atoms with Crippen molar-refractivity contribution in [2.45, 2.75) is 76.5 Å². The summed E-state index contributed by atoms with van der Waals surface area (Å²) >= 11 is 0. The molecule has 2 heterocycles. The van der Waals surface area contributed by atoms with Crippen LogP contribution in [0.15, 0.2) is 54.6 Å². The Hall–Kier alpha value is -3.28. The summed E-state index contributed by atoms with van der Waals surface area (Å²) < 4.78 is 7.44. The van der Waals surface area contributed by atoms with E-state index in [1.807, 2.05) is 66.1 Å². The molecule has 1 atom stereocenters. The fraction of sp³-hybridized carbons (Fsp3) is 0.448. The van der Waals surface area contributed by atoms with Gasteiger partial charge in [0.05, 0.1) is 19.2 Å². The molecule has 0 unspecified atom stereocenters. The third kappa shape index (κ3) is 4.54. The van der Waals surface area contributed by atoms with Gasteiger partial charge in [-0.15, -0.1) is 0 Å². The summed E-state index contributed by atoms with van der Waals surface area (Å²) in [7, 11) is 1.64. The maximum atomic E-state index is 14.0. The van der Waals surface area contributed by atoms with E-state index in [2.05, 4.69) is 5.32 Å². The zero-order valence-electron chi connectivity index (χ0n) is 20.8. The molecule has 1 aliphatic carbocycles. The van der Waals surface area contributed by atoms with E-state index in [-0.39, 0.29) is 17.9 Å². The van der Waals surface area contributed by atoms with Crippen LogP contribution >= 0.6 is 0 Å². The van der Waals surface area contributed by atoms with Crippen LogP contribution in [0, 0.1) is 0 Å². The molecule has 6 nitrogen and oxygen atoms in total. The molecule has 1 N–H and O–H groups in total. The van der Waals surface area contributed by atoms with Gasteiger partial charge >= 0.3 is 0 Å². The predicted molar refractivity (Wildman–Crippen MR) is 137 cm³/mol. The predicted octanol–water partition coefficient (Wildman–Crippen LogP) is 5.29. The minimum atomic E-state index is -1.02. The Labute approximate surface area is 207 Å². The van der Waals surface area contributed by atoms with Crippen LogP contribution in [0.5, 0.6) is 5.75 Å². The number of nitrogens with one attached hydrogen (secondary N) is 1. The second kappa shape index (κ2) is 9.76. The number of hydrogen-bond donors (Lipinski definition) is 1. The van der Waals surface area contributed by atoms with Crippen LogP contribution in [0.2, 0.25) is 0 Å². The van der Waals surface area contributed by atoms with Gasteiger partial charge in [0.25, 0.3) is 5.91 Å². The van der Waals surface area contributed by atoms with Gasteiger partial charge in [0.15, 0.2) is 0 Å². The molecule has 3 aromatic rings. The summed E-state index contributed by atoms with van der Waals surface area (Å²) in [5.74, 6) is 0.548. The number of fused-ring (bicyclic) bond motifs is 3. The lowest BCUT2D eigenvalue weighted by molar-refractivity contribution is -0.134. The standard InChI is InChI=1S/C29H35N3O3/c1-29(28(34)30-23-13-9-4-3-5-10-14-23)20-31-25-18-24(35-2)16-15-22(25)17-26(31)27(33)32(29)19-21-11-7-6-8-12-21/h6-8,11-12,15-18,23H,3-5,9-10,13-14,19-20H2,1-2H3,(H,30,34)/t29-/m0/s1. The molecule has 1 fully saturated rings. The SMILES string of the molecule is COc1ccc2cc3n(c2c1)C[C@@](C)(C(=O)NC1CCCCCCC1)N(Cc1ccccc1)C3=O. The smallest absolute Gasteiger partial charge is 0.271 e. The lowest BCUT2D eigenvalue weighted by Crippen LogP contribution is -2.64. The first-order chi connectivity index (χ1) is 17.0. The van der Waals surface area contributed by atoms with E-state index in [0.29, 0.717) is 18.8 Å². The van der Waals surface area contributed by atoms with Crippen LogP contribution in [-0.4, -0.2) is 40.0 Å². The van der Waals surface area contributed by atoms with Crippen LogP contribution in [-0.2, 0) is 17.9 Å². The van der Waals surface area contributed by atoms with Gasteiger partial charge in [-0.3, -0.25) is 9.59 Å². The number of carbonyl (C=O) groups excluding carboxylic acids is 2. The molecule has 0 radical (unpaired) electrons. The molecule has 0 saturated heterocycles. The number of rotatable bonds is 5. The summed E-state index contributed by atoms with van der Waals surface area (Å²) in [4.78, 5) is 29.7. The van der Waals surface area contributed by atoms with Crippen molar-refractivity contribution < 1.29 is 14.3 Å². The molecule has 1 saturated carbocycles. The number of carbonyl (C=O) groups is 2. The third-order valence-electron chi connectivity index (χ3n) is 7.75. The monoisotopic (exact) mass is 473 g/mol. The van der Waals surface area contributed by atoms with Crippen molar-refractivity contribution in [3.05, 3.63) is 65.9 Å². The van der Waals surface area contributed by atoms with Gasteiger partial charge in [0, 0.05) is 24.0 Å². The van der Waals surface area contributed by atoms with Crippen molar-refractivity contribution in [1.29, 1.82) is 0 Å². The molecule has 0 spiro atoms. The lowest BCUT2D eigenvalue weighted by Gasteiger charge is -2.44. The van der Waals surface area contributed by atoms with E-state index in [9.17, 15) is 9.59 Å². The second-order valence-corrected chi connectivity index (χ2v) is 10.2. The third-order valence-corrected chi connectivity index (χ3v) is 7.75. The molecule has 2 amide bonds. The van der Waals surface area contributed by atoms with Crippen molar-refractivity contribution in [1.82, 2.24) is 14.8 Å². The van der Waals surface area contributed by atoms with Crippen LogP contribution in [0.1, 0.15) is 67.9 Å². The second-order valence-electron chi connectivity index (χ2n) is 10.2. The van der Waals surface area contributed by atoms with E-state index >= 15 is 0 Å². The Bertz CT molecular complexity index is 1210. The fourth-order valence-corrected chi connectivity index (χ4v) is 5.61. The normalized spacial score (nSPS) is 21.3. The van der Waals surface area contributed by atoms with Gasteiger partial charge in [-0.05, 0) is 43.5 Å². The van der Waals surface area contributed by atoms with Gasteiger partial charge in [0.1, 0.15) is 17.0 Å². The van der Waals surface area contributed by atoms with E-state index in [4.69, 9.17) is 4.74 Å². The summed E-state index contributed by atoms with van der Waals surface area (Å²) in [6.45, 7) is 2.70. The minimum absolute atomic E-state index is 0.0669. The molecule has 184 valence electrons. The van der Waals surface area contributed by atoms with Crippen molar-refractivity contribution in [2.24, 2.45) is 0 Å². The fourth-order valence-electron chi connectivity index (χ4n) is 5.61. The Morgan fingerprint density at radius 1 is 1.03 bits per heavy atom. The molecule has 2 aliphatic rings. The Morgan fingerprint density at radius 3 is 2.46 bits per heavy atom. The van der Waals surface area contributed by atoms with Crippen LogP contribution < -0.4 is 10.1 Å². The first-order valence-corrected chi connectivity index (χ1v) is 12.8. The molecule has 2 aromatic carbocycles. The Morgan fingerprint density at radius 2 is 1.74 bits per heavy atom. The maximum Gasteiger partial charge on any atom is 0.271 e.